The van der Waals surface area contributed by atoms with Crippen molar-refractivity contribution in [3.05, 3.63) is 0 Å². The first-order valence-electron chi connectivity index (χ1n) is 9.44. The van der Waals surface area contributed by atoms with E-state index in [9.17, 15) is 19.8 Å². The van der Waals surface area contributed by atoms with Crippen molar-refractivity contribution in [2.75, 3.05) is 0 Å². The predicted octanol–water partition coefficient (Wildman–Crippen LogP) is -3.02. The van der Waals surface area contributed by atoms with E-state index in [0.717, 1.165) is 25.7 Å². The zero-order chi connectivity index (χ0) is 17.6. The third-order valence-corrected chi connectivity index (χ3v) is 4.70. The molecule has 0 saturated carbocycles. The average Bonchev–Trinajstić information content (AvgIpc) is 2.51. The second-order valence-electron chi connectivity index (χ2n) is 6.69. The minimum atomic E-state index is -1.80. The summed E-state index contributed by atoms with van der Waals surface area (Å²) >= 11 is 0. The molecule has 0 N–H and O–H groups in total. The second kappa shape index (κ2) is 20.3. The molecule has 0 aromatic carbocycles. The van der Waals surface area contributed by atoms with Crippen molar-refractivity contribution in [2.24, 2.45) is 5.41 Å². The molecule has 25 heavy (non-hydrogen) atoms. The number of rotatable bonds is 16. The zero-order valence-corrected chi connectivity index (χ0v) is 22.2. The first kappa shape index (κ1) is 31.3. The first-order valence-corrected chi connectivity index (χ1v) is 9.44. The Labute approximate surface area is 219 Å². The van der Waals surface area contributed by atoms with Crippen LogP contribution in [0.5, 0.6) is 0 Å². The Balaban J connectivity index is -0.00000242. The van der Waals surface area contributed by atoms with E-state index in [1.165, 1.54) is 38.5 Å². The van der Waals surface area contributed by atoms with Crippen molar-refractivity contribution >= 4 is 11.9 Å². The van der Waals surface area contributed by atoms with Gasteiger partial charge in [-0.3, -0.25) is 0 Å². The van der Waals surface area contributed by atoms with Gasteiger partial charge in [-0.05, 0) is 12.8 Å². The molecule has 136 valence electrons. The van der Waals surface area contributed by atoms with Crippen molar-refractivity contribution in [3.63, 3.8) is 0 Å². The summed E-state index contributed by atoms with van der Waals surface area (Å²) in [6.45, 7) is 4.12. The number of carbonyl (C=O) groups is 2. The smallest absolute Gasteiger partial charge is 0.549 e. The third-order valence-electron chi connectivity index (χ3n) is 4.70. The van der Waals surface area contributed by atoms with E-state index in [4.69, 9.17) is 0 Å². The van der Waals surface area contributed by atoms with Gasteiger partial charge in [0, 0.05) is 5.41 Å². The van der Waals surface area contributed by atoms with Crippen molar-refractivity contribution < 1.29 is 101 Å². The molecular formula is C19H34KNaO4. The normalized spacial score (nSPS) is 10.6. The van der Waals surface area contributed by atoms with Crippen LogP contribution >= 0.6 is 0 Å². The Hall–Kier alpha value is 1.58. The summed E-state index contributed by atoms with van der Waals surface area (Å²) in [4.78, 5) is 22.7. The summed E-state index contributed by atoms with van der Waals surface area (Å²) in [5.41, 5.74) is -1.80. The minimum Gasteiger partial charge on any atom is -0.549 e. The largest absolute Gasteiger partial charge is 1.00 e. The third kappa shape index (κ3) is 14.3. The Bertz CT molecular complexity index is 323. The van der Waals surface area contributed by atoms with Crippen molar-refractivity contribution in [1.82, 2.24) is 0 Å². The van der Waals surface area contributed by atoms with Crippen LogP contribution in [-0.2, 0) is 9.59 Å². The van der Waals surface area contributed by atoms with Crippen molar-refractivity contribution in [2.45, 2.75) is 104 Å². The molecule has 0 aromatic rings. The van der Waals surface area contributed by atoms with Gasteiger partial charge in [-0.2, -0.15) is 0 Å². The van der Waals surface area contributed by atoms with E-state index in [-0.39, 0.29) is 93.8 Å². The first-order chi connectivity index (χ1) is 11.0. The Morgan fingerprint density at radius 1 is 0.640 bits per heavy atom. The molecule has 0 aromatic heterocycles. The van der Waals surface area contributed by atoms with Gasteiger partial charge in [-0.15, -0.1) is 0 Å². The zero-order valence-electron chi connectivity index (χ0n) is 17.0. The number of aliphatic carboxylic acids is 2. The molecule has 0 unspecified atom stereocenters. The summed E-state index contributed by atoms with van der Waals surface area (Å²) in [6, 6.07) is 0. The van der Waals surface area contributed by atoms with Crippen LogP contribution in [0.15, 0.2) is 0 Å². The summed E-state index contributed by atoms with van der Waals surface area (Å²) in [7, 11) is 0. The number of hydrogen-bond acceptors (Lipinski definition) is 4. The number of carbonyl (C=O) groups excluding carboxylic acids is 2. The molecule has 0 amide bonds. The van der Waals surface area contributed by atoms with E-state index in [1.807, 2.05) is 6.92 Å². The van der Waals surface area contributed by atoms with Crippen molar-refractivity contribution in [1.29, 1.82) is 0 Å². The molecule has 0 aliphatic heterocycles. The standard InChI is InChI=1S/C19H36O4.K.Na/c1-3-5-7-8-9-10-11-12-13-14-16-19(17(20)21,18(22)23)15-6-4-2;;/h3-16H2,1-2H3,(H,20,21)(H,22,23);;/q;2*+1/p-2. The van der Waals surface area contributed by atoms with Gasteiger partial charge in [-0.25, -0.2) is 0 Å². The number of carboxylic acids is 2. The molecule has 0 heterocycles. The molecule has 0 bridgehead atoms. The molecule has 0 atom stereocenters. The van der Waals surface area contributed by atoms with Crippen molar-refractivity contribution in [3.8, 4) is 0 Å². The number of hydrogen-bond donors (Lipinski definition) is 0. The minimum absolute atomic E-state index is 0. The van der Waals surface area contributed by atoms with Gasteiger partial charge in [0.1, 0.15) is 0 Å². The molecule has 0 rings (SSSR count). The fourth-order valence-corrected chi connectivity index (χ4v) is 3.01. The maximum atomic E-state index is 11.3. The monoisotopic (exact) mass is 388 g/mol. The molecule has 0 spiro atoms. The quantitative estimate of drug-likeness (QED) is 0.160. The van der Waals surface area contributed by atoms with Crippen LogP contribution in [0, 0.1) is 5.41 Å². The predicted molar refractivity (Wildman–Crippen MR) is 88.4 cm³/mol. The van der Waals surface area contributed by atoms with Crippen LogP contribution in [0.2, 0.25) is 0 Å². The summed E-state index contributed by atoms with van der Waals surface area (Å²) in [5, 5.41) is 22.7. The number of carboxylic acid groups (broad SMARTS) is 2. The van der Waals surface area contributed by atoms with E-state index in [2.05, 4.69) is 6.92 Å². The Morgan fingerprint density at radius 2 is 0.960 bits per heavy atom. The SMILES string of the molecule is CCCCCCCCCCCCC(CCCC)(C(=O)[O-])C(=O)[O-].[K+].[Na+]. The maximum absolute atomic E-state index is 11.3. The van der Waals surface area contributed by atoms with E-state index >= 15 is 0 Å². The topological polar surface area (TPSA) is 80.3 Å². The molecule has 0 fully saturated rings. The van der Waals surface area contributed by atoms with E-state index < -0.39 is 17.4 Å². The molecule has 0 aliphatic carbocycles. The van der Waals surface area contributed by atoms with E-state index in [0.29, 0.717) is 12.8 Å². The summed E-state index contributed by atoms with van der Waals surface area (Å²) in [6.07, 6.45) is 12.9. The van der Waals surface area contributed by atoms with Crippen LogP contribution in [0.4, 0.5) is 0 Å². The fourth-order valence-electron chi connectivity index (χ4n) is 3.01. The van der Waals surface area contributed by atoms with Crippen LogP contribution in [0.25, 0.3) is 0 Å². The van der Waals surface area contributed by atoms with E-state index in [1.54, 1.807) is 0 Å². The van der Waals surface area contributed by atoms with Gasteiger partial charge in [0.2, 0.25) is 0 Å². The molecule has 0 radical (unpaired) electrons. The Morgan fingerprint density at radius 3 is 1.32 bits per heavy atom. The maximum Gasteiger partial charge on any atom is 1.00 e. The molecular weight excluding hydrogens is 354 g/mol. The van der Waals surface area contributed by atoms with Crippen LogP contribution < -0.4 is 91.2 Å². The summed E-state index contributed by atoms with van der Waals surface area (Å²) in [5.74, 6) is -2.97. The summed E-state index contributed by atoms with van der Waals surface area (Å²) < 4.78 is 0. The molecule has 0 saturated heterocycles. The van der Waals surface area contributed by atoms with Gasteiger partial charge < -0.3 is 19.8 Å². The van der Waals surface area contributed by atoms with Crippen LogP contribution in [0.3, 0.4) is 0 Å². The Kier molecular flexibility index (Phi) is 25.4. The van der Waals surface area contributed by atoms with Crippen LogP contribution in [-0.4, -0.2) is 11.9 Å². The van der Waals surface area contributed by atoms with Gasteiger partial charge in [0.05, 0.1) is 11.9 Å². The van der Waals surface area contributed by atoms with Gasteiger partial charge in [0.15, 0.2) is 0 Å². The molecule has 0 aliphatic rings. The molecule has 6 heteroatoms. The van der Waals surface area contributed by atoms with Gasteiger partial charge >= 0.3 is 80.9 Å². The number of unbranched alkanes of at least 4 members (excludes halogenated alkanes) is 10. The average molecular weight is 389 g/mol. The second-order valence-corrected chi connectivity index (χ2v) is 6.69. The van der Waals surface area contributed by atoms with Crippen LogP contribution in [0.1, 0.15) is 104 Å². The van der Waals surface area contributed by atoms with Gasteiger partial charge in [-0.1, -0.05) is 90.9 Å². The fraction of sp³-hybridized carbons (Fsp3) is 0.895. The molecule has 4 nitrogen and oxygen atoms in total. The van der Waals surface area contributed by atoms with Gasteiger partial charge in [0.25, 0.3) is 0 Å².